The van der Waals surface area contributed by atoms with Gasteiger partial charge in [-0.25, -0.2) is 4.89 Å². The van der Waals surface area contributed by atoms with Crippen molar-refractivity contribution in [2.45, 2.75) is 59.3 Å². The van der Waals surface area contributed by atoms with E-state index in [0.717, 1.165) is 0 Å². The van der Waals surface area contributed by atoms with Gasteiger partial charge in [-0.3, -0.25) is 0 Å². The van der Waals surface area contributed by atoms with E-state index in [-0.39, 0.29) is 10.8 Å². The molecule has 4 rings (SSSR count). The summed E-state index contributed by atoms with van der Waals surface area (Å²) >= 11 is 3.15. The van der Waals surface area contributed by atoms with Crippen molar-refractivity contribution < 1.29 is 18.8 Å². The van der Waals surface area contributed by atoms with Crippen molar-refractivity contribution in [1.82, 2.24) is 0 Å². The van der Waals surface area contributed by atoms with Gasteiger partial charge in [0.25, 0.3) is 0 Å². The van der Waals surface area contributed by atoms with Gasteiger partial charge in [0, 0.05) is 54.5 Å². The molecule has 0 N–H and O–H groups in total. The molecule has 0 aromatic heterocycles. The number of fused-ring (bicyclic) bond motifs is 2. The number of para-hydroxylation sites is 2. The van der Waals surface area contributed by atoms with Gasteiger partial charge < -0.3 is 4.90 Å². The van der Waals surface area contributed by atoms with Crippen molar-refractivity contribution in [1.29, 1.82) is 0 Å². The molecule has 2 heterocycles. The molecule has 0 spiro atoms. The molecule has 0 saturated heterocycles. The van der Waals surface area contributed by atoms with Crippen LogP contribution in [0.1, 0.15) is 59.6 Å². The minimum absolute atomic E-state index is 0.0114. The van der Waals surface area contributed by atoms with Crippen LogP contribution in [0.3, 0.4) is 0 Å². The Morgan fingerprint density at radius 3 is 2.10 bits per heavy atom. The first kappa shape index (κ1) is 32.3. The molecule has 0 amide bonds. The fraction of sp³-hybridized carbons (Fsp3) is 0.364. The van der Waals surface area contributed by atoms with Gasteiger partial charge in [0.2, 0.25) is 5.69 Å². The van der Waals surface area contributed by atoms with Crippen molar-refractivity contribution in [3.05, 3.63) is 107 Å². The highest BCUT2D eigenvalue weighted by atomic mass is 32.1. The molecule has 5 nitrogen and oxygen atoms in total. The zero-order valence-electron chi connectivity index (χ0n) is 25.1. The third kappa shape index (κ3) is 7.20. The van der Waals surface area contributed by atoms with E-state index in [0.29, 0.717) is 0 Å². The van der Waals surface area contributed by atoms with Crippen LogP contribution in [-0.2, 0) is 25.1 Å². The van der Waals surface area contributed by atoms with E-state index in [9.17, 15) is 0 Å². The highest BCUT2D eigenvalue weighted by Crippen LogP contribution is 2.46. The molecule has 0 fully saturated rings. The normalized spacial score (nSPS) is 18.2. The van der Waals surface area contributed by atoms with Crippen molar-refractivity contribution in [3.63, 3.8) is 0 Å². The number of nitrogens with zero attached hydrogens (tertiary/aromatic N) is 2. The summed E-state index contributed by atoms with van der Waals surface area (Å²) in [7, 11) is 5.64. The second kappa shape index (κ2) is 14.5. The molecule has 39 heavy (non-hydrogen) atoms. The maximum Gasteiger partial charge on any atom is 0.209 e. The van der Waals surface area contributed by atoms with Crippen LogP contribution >= 0.6 is 12.9 Å². The van der Waals surface area contributed by atoms with Crippen LogP contribution in [0.2, 0.25) is 0 Å². The molecule has 0 atom stereocenters. The van der Waals surface area contributed by atoms with E-state index in [2.05, 4.69) is 170 Å². The number of likely N-dealkylation sites (N-methyl/N-ethyl adjacent to an activating group) is 1. The highest BCUT2D eigenvalue weighted by molar-refractivity contribution is 7.74. The smallest absolute Gasteiger partial charge is 0.209 e. The lowest BCUT2D eigenvalue weighted by molar-refractivity contribution is -0.446. The van der Waals surface area contributed by atoms with Gasteiger partial charge in [0.05, 0.1) is 12.5 Å². The van der Waals surface area contributed by atoms with Crippen LogP contribution in [-0.4, -0.2) is 31.5 Å². The van der Waals surface area contributed by atoms with E-state index in [4.69, 9.17) is 0 Å². The summed E-state index contributed by atoms with van der Waals surface area (Å²) in [4.78, 5) is 6.20. The summed E-state index contributed by atoms with van der Waals surface area (Å²) in [5.74, 6) is 0. The number of rotatable bonds is 6. The number of anilines is 1. The molecule has 2 aromatic rings. The van der Waals surface area contributed by atoms with E-state index in [1.165, 1.54) is 46.6 Å². The number of allylic oxidation sites excluding steroid dienone is 8. The van der Waals surface area contributed by atoms with Crippen LogP contribution in [0.4, 0.5) is 11.4 Å². The molecule has 0 radical (unpaired) electrons. The lowest BCUT2D eigenvalue weighted by Crippen LogP contribution is -2.26. The molecule has 2 aromatic carbocycles. The molecule has 210 valence electrons. The van der Waals surface area contributed by atoms with Gasteiger partial charge in [-0.05, 0) is 38.5 Å². The molecule has 2 aliphatic rings. The van der Waals surface area contributed by atoms with Crippen LogP contribution in [0.5, 0.6) is 0 Å². The minimum Gasteiger partial charge on any atom is -0.347 e. The molecule has 0 unspecified atom stereocenters. The van der Waals surface area contributed by atoms with Gasteiger partial charge in [-0.1, -0.05) is 99.0 Å². The Morgan fingerprint density at radius 1 is 0.923 bits per heavy atom. The van der Waals surface area contributed by atoms with E-state index in [1.807, 2.05) is 13.8 Å². The number of hydrogen-bond donors (Lipinski definition) is 1. The SMILES string of the molecule is CC.CC(C=CC=C1N(C)c2ccccc2C1(C)C)=CC=CC1=[N+](C)c2ccccc2C1(C)C.COOOS. The van der Waals surface area contributed by atoms with Crippen molar-refractivity contribution in [2.75, 3.05) is 26.1 Å². The van der Waals surface area contributed by atoms with Gasteiger partial charge >= 0.3 is 0 Å². The molecule has 2 aliphatic heterocycles. The average molecular weight is 550 g/mol. The summed E-state index contributed by atoms with van der Waals surface area (Å²) in [6.07, 6.45) is 13.2. The van der Waals surface area contributed by atoms with Crippen molar-refractivity contribution in [2.24, 2.45) is 0 Å². The fourth-order valence-corrected chi connectivity index (χ4v) is 5.33. The minimum atomic E-state index is 0.0114. The molecule has 0 aliphatic carbocycles. The summed E-state index contributed by atoms with van der Waals surface area (Å²) < 4.78 is 5.97. The first-order valence-electron chi connectivity index (χ1n) is 13.4. The maximum absolute atomic E-state index is 3.89. The third-order valence-electron chi connectivity index (χ3n) is 7.21. The lowest BCUT2D eigenvalue weighted by atomic mass is 9.81. The second-order valence-corrected chi connectivity index (χ2v) is 10.4. The predicted octanol–water partition coefficient (Wildman–Crippen LogP) is 8.43. The monoisotopic (exact) mass is 549 g/mol. The number of thiol groups is 1. The van der Waals surface area contributed by atoms with Crippen molar-refractivity contribution >= 4 is 30.0 Å². The maximum atomic E-state index is 3.89. The Hall–Kier alpha value is -2.90. The lowest BCUT2D eigenvalue weighted by Gasteiger charge is -2.23. The Balaban J connectivity index is 0.000000686. The molecular formula is C33H45N2O3S+. The number of hydrogen-bond acceptors (Lipinski definition) is 5. The first-order chi connectivity index (χ1) is 18.6. The van der Waals surface area contributed by atoms with Gasteiger partial charge in [0.15, 0.2) is 5.71 Å². The Morgan fingerprint density at radius 2 is 1.54 bits per heavy atom. The average Bonchev–Trinajstić information content (AvgIpc) is 3.25. The van der Waals surface area contributed by atoms with Gasteiger partial charge in [0.1, 0.15) is 7.05 Å². The van der Waals surface area contributed by atoms with Gasteiger partial charge in [-0.2, -0.15) is 4.58 Å². The molecular weight excluding hydrogens is 504 g/mol. The largest absolute Gasteiger partial charge is 0.347 e. The predicted molar refractivity (Wildman–Crippen MR) is 168 cm³/mol. The summed E-state index contributed by atoms with van der Waals surface area (Å²) in [6.45, 7) is 15.4. The summed E-state index contributed by atoms with van der Waals surface area (Å²) in [6, 6.07) is 17.4. The first-order valence-corrected chi connectivity index (χ1v) is 13.7. The van der Waals surface area contributed by atoms with E-state index >= 15 is 0 Å². The van der Waals surface area contributed by atoms with Crippen LogP contribution < -0.4 is 4.90 Å². The summed E-state index contributed by atoms with van der Waals surface area (Å²) in [5.41, 5.74) is 9.27. The second-order valence-electron chi connectivity index (χ2n) is 10.3. The van der Waals surface area contributed by atoms with Crippen LogP contribution in [0, 0.1) is 0 Å². The van der Waals surface area contributed by atoms with Gasteiger partial charge in [-0.15, -0.1) is 4.33 Å². The van der Waals surface area contributed by atoms with Crippen LogP contribution in [0.15, 0.2) is 96.3 Å². The van der Waals surface area contributed by atoms with Crippen molar-refractivity contribution in [3.8, 4) is 0 Å². The Kier molecular flexibility index (Phi) is 12.0. The standard InChI is InChI=1S/C30H35N2.C2H6.CH4O3S/c1-22(14-12-20-27-29(2,3)23-16-8-10-18-25(23)31(27)6)15-13-21-28-30(4,5)24-17-9-11-19-26(24)32(28)7;1-2;1-2-3-4-5/h8-21H,1-7H3;1-2H3;5H,1H3/q+1;;. The Bertz CT molecular complexity index is 1270. The zero-order chi connectivity index (χ0) is 29.2. The molecule has 6 heteroatoms. The quantitative estimate of drug-likeness (QED) is 0.0979. The van der Waals surface area contributed by atoms with Crippen LogP contribution in [0.25, 0.3) is 0 Å². The van der Waals surface area contributed by atoms with E-state index < -0.39 is 0 Å². The third-order valence-corrected chi connectivity index (χ3v) is 7.27. The summed E-state index contributed by atoms with van der Waals surface area (Å²) in [5, 5.41) is 3.70. The fourth-order valence-electron chi connectivity index (χ4n) is 5.27. The Labute approximate surface area is 241 Å². The number of benzene rings is 2. The molecule has 0 saturated carbocycles. The highest BCUT2D eigenvalue weighted by Gasteiger charge is 2.42. The topological polar surface area (TPSA) is 33.9 Å². The zero-order valence-corrected chi connectivity index (χ0v) is 26.0. The molecule has 0 bridgehead atoms. The van der Waals surface area contributed by atoms with E-state index in [1.54, 1.807) is 0 Å².